The number of benzene rings is 2. The van der Waals surface area contributed by atoms with Crippen molar-refractivity contribution in [1.82, 2.24) is 0 Å². The third-order valence-electron chi connectivity index (χ3n) is 4.92. The number of nitrogens with zero attached hydrogens (tertiary/aromatic N) is 4. The van der Waals surface area contributed by atoms with Gasteiger partial charge >= 0.3 is 0 Å². The van der Waals surface area contributed by atoms with Crippen LogP contribution >= 0.6 is 22.7 Å². The fourth-order valence-electron chi connectivity index (χ4n) is 3.34. The second-order valence-corrected chi connectivity index (χ2v) is 10.9. The van der Waals surface area contributed by atoms with Crippen LogP contribution in [-0.4, -0.2) is 28.1 Å². The summed E-state index contributed by atoms with van der Waals surface area (Å²) < 4.78 is 23.5. The van der Waals surface area contributed by atoms with Crippen molar-refractivity contribution in [2.45, 2.75) is 9.79 Å². The van der Waals surface area contributed by atoms with Crippen molar-refractivity contribution < 1.29 is 28.1 Å². The van der Waals surface area contributed by atoms with Crippen LogP contribution in [0.25, 0.3) is 20.2 Å². The molecule has 0 unspecified atom stereocenters. The van der Waals surface area contributed by atoms with Crippen molar-refractivity contribution in [2.75, 3.05) is 0 Å². The van der Waals surface area contributed by atoms with E-state index < -0.39 is 71.6 Å². The molecule has 4 rings (SSSR count). The molecule has 19 heteroatoms. The van der Waals surface area contributed by atoms with Crippen molar-refractivity contribution in [1.29, 1.82) is 0 Å². The van der Waals surface area contributed by atoms with Crippen LogP contribution in [0.3, 0.4) is 0 Å². The highest BCUT2D eigenvalue weighted by molar-refractivity contribution is 7.91. The van der Waals surface area contributed by atoms with Gasteiger partial charge in [0.2, 0.25) is 9.84 Å². The molecule has 0 atom stereocenters. The fraction of sp³-hybridized carbons (Fsp3) is 0. The number of nitro groups is 4. The van der Waals surface area contributed by atoms with Crippen LogP contribution in [0.1, 0.15) is 0 Å². The predicted octanol–water partition coefficient (Wildman–Crippen LogP) is 3.30. The van der Waals surface area contributed by atoms with Gasteiger partial charge in [-0.3, -0.25) is 50.0 Å². The molecule has 4 aromatic rings. The topological polar surface area (TPSA) is 241 Å². The second-order valence-electron chi connectivity index (χ2n) is 7.09. The fourth-order valence-corrected chi connectivity index (χ4v) is 7.12. The zero-order valence-electron chi connectivity index (χ0n) is 17.4. The predicted molar refractivity (Wildman–Crippen MR) is 128 cm³/mol. The van der Waals surface area contributed by atoms with E-state index in [1.54, 1.807) is 0 Å². The lowest BCUT2D eigenvalue weighted by Crippen LogP contribution is -2.18. The number of hydrogen-bond acceptors (Lipinski definition) is 14. The van der Waals surface area contributed by atoms with Crippen molar-refractivity contribution in [3.8, 4) is 0 Å². The zero-order chi connectivity index (χ0) is 27.4. The summed E-state index contributed by atoms with van der Waals surface area (Å²) in [7, 11) is -5.00. The maximum Gasteiger partial charge on any atom is 0.294 e. The van der Waals surface area contributed by atoms with E-state index in [9.17, 15) is 58.5 Å². The summed E-state index contributed by atoms with van der Waals surface area (Å²) >= 11 is 0.222. The summed E-state index contributed by atoms with van der Waals surface area (Å²) in [4.78, 5) is 64.5. The molecular formula is C18H6N4O12S3. The normalized spacial score (nSPS) is 11.5. The van der Waals surface area contributed by atoms with E-state index in [1.807, 2.05) is 0 Å². The molecule has 188 valence electrons. The molecule has 2 heterocycles. The van der Waals surface area contributed by atoms with Gasteiger partial charge in [-0.05, 0) is 12.1 Å². The van der Waals surface area contributed by atoms with Crippen LogP contribution in [0.5, 0.6) is 0 Å². The number of non-ortho nitro benzene ring substituents is 4. The molecule has 16 nitrogen and oxygen atoms in total. The molecule has 0 saturated heterocycles. The minimum Gasteiger partial charge on any atom is -0.276 e. The first-order valence-electron chi connectivity index (χ1n) is 9.29. The zero-order valence-corrected chi connectivity index (χ0v) is 19.8. The molecule has 2 aromatic heterocycles. The molecule has 2 aromatic carbocycles. The largest absolute Gasteiger partial charge is 0.294 e. The Morgan fingerprint density at radius 1 is 0.568 bits per heavy atom. The molecular weight excluding hydrogens is 560 g/mol. The molecule has 0 radical (unpaired) electrons. The van der Waals surface area contributed by atoms with E-state index in [-0.39, 0.29) is 42.8 Å². The molecule has 0 fully saturated rings. The molecule has 0 saturated carbocycles. The summed E-state index contributed by atoms with van der Waals surface area (Å²) in [5.74, 6) is 0. The van der Waals surface area contributed by atoms with E-state index in [0.717, 1.165) is 12.1 Å². The standard InChI is InChI=1S/C18H6N4O12S3/c23-17-13(3-7-1-9(19(25)26)5-11(21(29)30)15(7)35-17)37(33,34)14-4-8-2-10(20(27)28)6-12(22(31)32)16(8)36-18(14)24/h1-6H. The first-order chi connectivity index (χ1) is 17.2. The SMILES string of the molecule is O=c1sc2c([N+](=O)[O-])cc([N+](=O)[O-])cc2cc1S(=O)(=O)c1cc2cc([N+](=O)[O-])cc([N+](=O)[O-])c2sc1=O. The maximum absolute atomic E-state index is 13.3. The van der Waals surface area contributed by atoms with Crippen molar-refractivity contribution in [2.24, 2.45) is 0 Å². The van der Waals surface area contributed by atoms with Crippen molar-refractivity contribution in [3.05, 3.63) is 95.9 Å². The van der Waals surface area contributed by atoms with E-state index in [2.05, 4.69) is 0 Å². The van der Waals surface area contributed by atoms with E-state index >= 15 is 0 Å². The Bertz CT molecular complexity index is 1830. The summed E-state index contributed by atoms with van der Waals surface area (Å²) in [6.45, 7) is 0. The van der Waals surface area contributed by atoms with Crippen LogP contribution in [0, 0.1) is 40.5 Å². The summed E-state index contributed by atoms with van der Waals surface area (Å²) in [5.41, 5.74) is -3.14. The number of fused-ring (bicyclic) bond motifs is 2. The summed E-state index contributed by atoms with van der Waals surface area (Å²) in [6.07, 6.45) is 0. The van der Waals surface area contributed by atoms with Crippen molar-refractivity contribution in [3.63, 3.8) is 0 Å². The monoisotopic (exact) mass is 566 g/mol. The molecule has 0 spiro atoms. The van der Waals surface area contributed by atoms with Gasteiger partial charge in [-0.2, -0.15) is 0 Å². The van der Waals surface area contributed by atoms with Crippen LogP contribution in [0.15, 0.2) is 55.8 Å². The van der Waals surface area contributed by atoms with Crippen molar-refractivity contribution >= 4 is 75.4 Å². The quantitative estimate of drug-likeness (QED) is 0.241. The smallest absolute Gasteiger partial charge is 0.276 e. The number of nitro benzene ring substituents is 4. The molecule has 0 aliphatic rings. The van der Waals surface area contributed by atoms with Gasteiger partial charge in [0.1, 0.15) is 19.2 Å². The Kier molecular flexibility index (Phi) is 5.98. The lowest BCUT2D eigenvalue weighted by Gasteiger charge is -2.06. The van der Waals surface area contributed by atoms with Crippen LogP contribution in [-0.2, 0) is 9.84 Å². The average Bonchev–Trinajstić information content (AvgIpc) is 2.81. The van der Waals surface area contributed by atoms with Gasteiger partial charge < -0.3 is 0 Å². The number of rotatable bonds is 6. The lowest BCUT2D eigenvalue weighted by atomic mass is 10.2. The molecule has 0 N–H and O–H groups in total. The van der Waals surface area contributed by atoms with Gasteiger partial charge in [-0.1, -0.05) is 22.7 Å². The van der Waals surface area contributed by atoms with E-state index in [1.165, 1.54) is 0 Å². The van der Waals surface area contributed by atoms with Gasteiger partial charge in [0.05, 0.1) is 31.8 Å². The first-order valence-corrected chi connectivity index (χ1v) is 12.4. The van der Waals surface area contributed by atoms with Gasteiger partial charge in [0.25, 0.3) is 32.2 Å². The molecule has 37 heavy (non-hydrogen) atoms. The van der Waals surface area contributed by atoms with E-state index in [0.29, 0.717) is 24.3 Å². The van der Waals surface area contributed by atoms with Gasteiger partial charge in [-0.25, -0.2) is 8.42 Å². The molecule has 0 aliphatic carbocycles. The third kappa shape index (κ3) is 4.26. The second kappa shape index (κ2) is 8.72. The Morgan fingerprint density at radius 3 is 1.22 bits per heavy atom. The van der Waals surface area contributed by atoms with Gasteiger partial charge in [0, 0.05) is 22.9 Å². The number of hydrogen-bond donors (Lipinski definition) is 0. The minimum atomic E-state index is -5.00. The number of sulfone groups is 1. The third-order valence-corrected chi connectivity index (χ3v) is 9.06. The summed E-state index contributed by atoms with van der Waals surface area (Å²) in [6, 6.07) is 4.12. The van der Waals surface area contributed by atoms with Crippen LogP contribution in [0.4, 0.5) is 22.7 Å². The highest BCUT2D eigenvalue weighted by Crippen LogP contribution is 2.36. The van der Waals surface area contributed by atoms with Crippen LogP contribution in [0.2, 0.25) is 0 Å². The maximum atomic E-state index is 13.3. The molecule has 0 bridgehead atoms. The minimum absolute atomic E-state index is 0.111. The first kappa shape index (κ1) is 25.3. The lowest BCUT2D eigenvalue weighted by molar-refractivity contribution is -0.393. The Morgan fingerprint density at radius 2 is 0.919 bits per heavy atom. The highest BCUT2D eigenvalue weighted by Gasteiger charge is 2.30. The van der Waals surface area contributed by atoms with Crippen LogP contribution < -0.4 is 9.48 Å². The van der Waals surface area contributed by atoms with Gasteiger partial charge in [0.15, 0.2) is 0 Å². The average molecular weight is 566 g/mol. The Balaban J connectivity index is 2.05. The highest BCUT2D eigenvalue weighted by atomic mass is 32.2. The van der Waals surface area contributed by atoms with E-state index in [4.69, 9.17) is 0 Å². The van der Waals surface area contributed by atoms with Gasteiger partial charge in [-0.15, -0.1) is 0 Å². The summed E-state index contributed by atoms with van der Waals surface area (Å²) in [5, 5.41) is 44.4. The molecule has 0 amide bonds. The molecule has 0 aliphatic heterocycles. The Labute approximate surface area is 209 Å². The Hall–Kier alpha value is -4.75.